The first kappa shape index (κ1) is 20.9. The molecule has 0 spiro atoms. The molecule has 0 aliphatic rings. The number of imidazole rings is 1. The van der Waals surface area contributed by atoms with Crippen LogP contribution in [0.25, 0.3) is 0 Å². The van der Waals surface area contributed by atoms with Gasteiger partial charge in [0.05, 0.1) is 13.6 Å². The van der Waals surface area contributed by atoms with Crippen molar-refractivity contribution in [2.45, 2.75) is 58.0 Å². The van der Waals surface area contributed by atoms with E-state index in [9.17, 15) is 13.2 Å². The number of aromatic nitrogens is 2. The molecule has 0 saturated carbocycles. The molecular weight excluding hydrogens is 321 g/mol. The summed E-state index contributed by atoms with van der Waals surface area (Å²) in [6, 6.07) is 0. The molecule has 0 radical (unpaired) electrons. The van der Waals surface area contributed by atoms with E-state index in [1.54, 1.807) is 0 Å². The van der Waals surface area contributed by atoms with Crippen LogP contribution in [0, 0.1) is 0 Å². The number of hydrogen-bond acceptors (Lipinski definition) is 3. The maximum Gasteiger partial charge on any atom is 0.485 e. The Hall–Kier alpha value is -1.09. The zero-order chi connectivity index (χ0) is 17.4. The maximum atomic E-state index is 10.7. The quantitative estimate of drug-likeness (QED) is 0.452. The highest BCUT2D eigenvalue weighted by atomic mass is 32.2. The third-order valence-electron chi connectivity index (χ3n) is 3.00. The van der Waals surface area contributed by atoms with Crippen molar-refractivity contribution in [1.82, 2.24) is 4.57 Å². The van der Waals surface area contributed by atoms with Crippen LogP contribution in [0.1, 0.15) is 45.4 Å². The molecule has 0 saturated heterocycles. The number of nitrogens with zero attached hydrogens (tertiary/aromatic N) is 2. The number of alkyl halides is 3. The molecule has 1 heterocycles. The predicted octanol–water partition coefficient (Wildman–Crippen LogP) is 2.51. The van der Waals surface area contributed by atoms with E-state index in [0.717, 1.165) is 0 Å². The fourth-order valence-corrected chi connectivity index (χ4v) is 1.74. The highest BCUT2D eigenvalue weighted by Gasteiger charge is 2.36. The van der Waals surface area contributed by atoms with Gasteiger partial charge in [0.1, 0.15) is 12.4 Å². The molecule has 0 unspecified atom stereocenters. The molecule has 9 heteroatoms. The second-order valence-corrected chi connectivity index (χ2v) is 6.25. The molecule has 0 amide bonds. The second kappa shape index (κ2) is 9.14. The van der Waals surface area contributed by atoms with Crippen LogP contribution in [0.4, 0.5) is 13.2 Å². The van der Waals surface area contributed by atoms with E-state index < -0.39 is 15.6 Å². The van der Waals surface area contributed by atoms with Gasteiger partial charge in [0, 0.05) is 6.42 Å². The average molecular weight is 344 g/mol. The van der Waals surface area contributed by atoms with Gasteiger partial charge >= 0.3 is 5.51 Å². The Morgan fingerprint density at radius 2 is 1.73 bits per heavy atom. The molecule has 22 heavy (non-hydrogen) atoms. The summed E-state index contributed by atoms with van der Waals surface area (Å²) in [7, 11) is -3.94. The van der Waals surface area contributed by atoms with Gasteiger partial charge in [-0.05, 0) is 12.8 Å². The van der Waals surface area contributed by atoms with Gasteiger partial charge in [-0.2, -0.15) is 13.2 Å². The van der Waals surface area contributed by atoms with E-state index in [0.29, 0.717) is 0 Å². The summed E-state index contributed by atoms with van der Waals surface area (Å²) in [6.45, 7) is 5.67. The summed E-state index contributed by atoms with van der Waals surface area (Å²) < 4.78 is 63.6. The number of unbranched alkanes of at least 4 members (excludes halogenated alkanes) is 2. The first-order valence-corrected chi connectivity index (χ1v) is 8.51. The normalized spacial score (nSPS) is 12.0. The Kier molecular flexibility index (Phi) is 8.69. The minimum Gasteiger partial charge on any atom is -0.741 e. The van der Waals surface area contributed by atoms with Gasteiger partial charge in [0.15, 0.2) is 10.1 Å². The van der Waals surface area contributed by atoms with Crippen molar-refractivity contribution in [1.29, 1.82) is 0 Å². The van der Waals surface area contributed by atoms with E-state index in [4.69, 9.17) is 13.0 Å². The van der Waals surface area contributed by atoms with Crippen LogP contribution in [0.3, 0.4) is 0 Å². The summed E-state index contributed by atoms with van der Waals surface area (Å²) >= 11 is 0. The molecule has 0 aliphatic heterocycles. The fourth-order valence-electron chi connectivity index (χ4n) is 1.74. The Balaban J connectivity index is 0.000000472. The van der Waals surface area contributed by atoms with Crippen molar-refractivity contribution in [3.05, 3.63) is 18.2 Å². The van der Waals surface area contributed by atoms with Gasteiger partial charge < -0.3 is 4.55 Å². The van der Waals surface area contributed by atoms with Gasteiger partial charge in [0.25, 0.3) is 5.82 Å². The largest absolute Gasteiger partial charge is 0.741 e. The molecule has 5 nitrogen and oxygen atoms in total. The van der Waals surface area contributed by atoms with Crippen LogP contribution in [-0.2, 0) is 30.1 Å². The van der Waals surface area contributed by atoms with Crippen LogP contribution in [-0.4, -0.2) is 23.0 Å². The van der Waals surface area contributed by atoms with Crippen LogP contribution < -0.4 is 4.57 Å². The Morgan fingerprint density at radius 1 is 1.23 bits per heavy atom. The van der Waals surface area contributed by atoms with E-state index >= 15 is 0 Å². The molecule has 0 atom stereocenters. The first-order chi connectivity index (χ1) is 10.0. The van der Waals surface area contributed by atoms with E-state index in [1.807, 2.05) is 0 Å². The van der Waals surface area contributed by atoms with Crippen molar-refractivity contribution < 1.29 is 30.7 Å². The van der Waals surface area contributed by atoms with Crippen molar-refractivity contribution in [3.63, 3.8) is 0 Å². The topological polar surface area (TPSA) is 66.0 Å². The minimum atomic E-state index is -6.09. The molecule has 1 rings (SSSR count). The summed E-state index contributed by atoms with van der Waals surface area (Å²) in [6.07, 6.45) is 10.7. The van der Waals surface area contributed by atoms with Crippen molar-refractivity contribution in [2.24, 2.45) is 7.05 Å². The Bertz CT molecular complexity index is 539. The summed E-state index contributed by atoms with van der Waals surface area (Å²) in [5, 5.41) is 0. The Labute approximate surface area is 129 Å². The average Bonchev–Trinajstić information content (AvgIpc) is 2.73. The lowest BCUT2D eigenvalue weighted by atomic mass is 10.2. The lowest BCUT2D eigenvalue weighted by molar-refractivity contribution is -0.678. The molecule has 0 N–H and O–H groups in total. The minimum absolute atomic E-state index is 1.18. The SMILES string of the molecule is CCCCc1n(CCCC)cc[n+]1C.O=S(=O)([O-])C(F)(F)F. The second-order valence-electron chi connectivity index (χ2n) is 4.88. The number of aryl methyl sites for hydroxylation is 2. The highest BCUT2D eigenvalue weighted by Crippen LogP contribution is 2.20. The molecule has 0 aromatic carbocycles. The van der Waals surface area contributed by atoms with E-state index in [2.05, 4.69) is 42.4 Å². The standard InChI is InChI=1S/C12H23N2.CHF3O3S/c1-4-6-8-12-13(3)10-11-14(12)9-7-5-2;2-1(3,4)8(5,6)7/h10-11H,4-9H2,1-3H3;(H,5,6,7)/q+1;/p-1. The third-order valence-corrected chi connectivity index (χ3v) is 3.57. The number of rotatable bonds is 6. The van der Waals surface area contributed by atoms with Crippen molar-refractivity contribution >= 4 is 10.1 Å². The number of halogens is 3. The highest BCUT2D eigenvalue weighted by molar-refractivity contribution is 7.86. The third kappa shape index (κ3) is 7.26. The van der Waals surface area contributed by atoms with Crippen LogP contribution in [0.2, 0.25) is 0 Å². The van der Waals surface area contributed by atoms with Gasteiger partial charge in [-0.3, -0.25) is 0 Å². The van der Waals surface area contributed by atoms with E-state index in [-0.39, 0.29) is 0 Å². The van der Waals surface area contributed by atoms with Gasteiger partial charge in [-0.15, -0.1) is 0 Å². The van der Waals surface area contributed by atoms with Gasteiger partial charge in [-0.1, -0.05) is 26.7 Å². The molecule has 0 fully saturated rings. The smallest absolute Gasteiger partial charge is 0.485 e. The van der Waals surface area contributed by atoms with Crippen molar-refractivity contribution in [2.75, 3.05) is 0 Å². The van der Waals surface area contributed by atoms with Gasteiger partial charge in [0.2, 0.25) is 0 Å². The molecule has 1 aromatic heterocycles. The lowest BCUT2D eigenvalue weighted by Crippen LogP contribution is -2.32. The van der Waals surface area contributed by atoms with Gasteiger partial charge in [-0.25, -0.2) is 17.6 Å². The zero-order valence-electron chi connectivity index (χ0n) is 13.1. The fraction of sp³-hybridized carbons (Fsp3) is 0.769. The first-order valence-electron chi connectivity index (χ1n) is 7.10. The lowest BCUT2D eigenvalue weighted by Gasteiger charge is -2.08. The zero-order valence-corrected chi connectivity index (χ0v) is 13.9. The molecule has 130 valence electrons. The van der Waals surface area contributed by atoms with Crippen LogP contribution >= 0.6 is 0 Å². The van der Waals surface area contributed by atoms with Crippen LogP contribution in [0.5, 0.6) is 0 Å². The predicted molar refractivity (Wildman–Crippen MR) is 74.9 cm³/mol. The van der Waals surface area contributed by atoms with Crippen molar-refractivity contribution in [3.8, 4) is 0 Å². The summed E-state index contributed by atoms with van der Waals surface area (Å²) in [5.74, 6) is 1.47. The molecule has 0 aliphatic carbocycles. The van der Waals surface area contributed by atoms with Crippen LogP contribution in [0.15, 0.2) is 12.4 Å². The molecular formula is C13H23F3N2O3S. The summed E-state index contributed by atoms with van der Waals surface area (Å²) in [4.78, 5) is 0. The number of hydrogen-bond donors (Lipinski definition) is 0. The maximum absolute atomic E-state index is 10.7. The summed E-state index contributed by atoms with van der Waals surface area (Å²) in [5.41, 5.74) is -5.65. The Morgan fingerprint density at radius 3 is 2.14 bits per heavy atom. The molecule has 0 bridgehead atoms. The van der Waals surface area contributed by atoms with E-state index in [1.165, 1.54) is 44.5 Å². The molecule has 1 aromatic rings. The monoisotopic (exact) mass is 344 g/mol.